The van der Waals surface area contributed by atoms with Crippen molar-refractivity contribution in [2.24, 2.45) is 0 Å². The van der Waals surface area contributed by atoms with Crippen LogP contribution >= 0.6 is 0 Å². The van der Waals surface area contributed by atoms with Crippen LogP contribution in [0.5, 0.6) is 5.75 Å². The van der Waals surface area contributed by atoms with Crippen LogP contribution in [0.4, 0.5) is 8.78 Å². The van der Waals surface area contributed by atoms with Crippen molar-refractivity contribution in [2.75, 3.05) is 13.8 Å². The Morgan fingerprint density at radius 3 is 2.55 bits per heavy atom. The fourth-order valence-corrected chi connectivity index (χ4v) is 2.51. The number of hydrogen-bond acceptors (Lipinski definition) is 3. The standard InChI is InChI=1S/C17H16F2N2O/c1-22-16-3-2-12(10-21-5-4-20-11-21)17(9-16)13-6-14(18)8-15(19)7-13/h2-9,20H,10-11H2,1H3. The molecule has 0 unspecified atom stereocenters. The zero-order valence-electron chi connectivity index (χ0n) is 12.1. The van der Waals surface area contributed by atoms with E-state index in [1.165, 1.54) is 12.1 Å². The molecule has 1 N–H and O–H groups in total. The number of rotatable bonds is 4. The van der Waals surface area contributed by atoms with Gasteiger partial charge in [0.15, 0.2) is 0 Å². The van der Waals surface area contributed by atoms with Gasteiger partial charge in [-0.25, -0.2) is 8.78 Å². The highest BCUT2D eigenvalue weighted by Gasteiger charge is 2.13. The second-order valence-electron chi connectivity index (χ2n) is 5.11. The van der Waals surface area contributed by atoms with Crippen LogP contribution in [0.1, 0.15) is 5.56 Å². The molecule has 3 nitrogen and oxygen atoms in total. The van der Waals surface area contributed by atoms with E-state index in [-0.39, 0.29) is 0 Å². The quantitative estimate of drug-likeness (QED) is 0.936. The van der Waals surface area contributed by atoms with Gasteiger partial charge < -0.3 is 15.0 Å². The number of halogens is 2. The maximum Gasteiger partial charge on any atom is 0.126 e. The monoisotopic (exact) mass is 302 g/mol. The average Bonchev–Trinajstić information content (AvgIpc) is 2.99. The molecule has 22 heavy (non-hydrogen) atoms. The maximum atomic E-state index is 13.5. The third-order valence-electron chi connectivity index (χ3n) is 3.56. The molecular weight excluding hydrogens is 286 g/mol. The molecule has 1 aliphatic rings. The predicted molar refractivity (Wildman–Crippen MR) is 81.0 cm³/mol. The number of hydrogen-bond donors (Lipinski definition) is 1. The molecule has 0 aromatic heterocycles. The number of methoxy groups -OCH3 is 1. The molecule has 1 aliphatic heterocycles. The second-order valence-corrected chi connectivity index (χ2v) is 5.11. The Bertz CT molecular complexity index is 696. The minimum atomic E-state index is -0.591. The van der Waals surface area contributed by atoms with E-state index in [0.717, 1.165) is 17.2 Å². The molecule has 1 heterocycles. The lowest BCUT2D eigenvalue weighted by Gasteiger charge is -2.18. The number of nitrogens with zero attached hydrogens (tertiary/aromatic N) is 1. The van der Waals surface area contributed by atoms with Crippen LogP contribution in [-0.2, 0) is 6.54 Å². The molecule has 0 atom stereocenters. The summed E-state index contributed by atoms with van der Waals surface area (Å²) in [5.41, 5.74) is 2.24. The van der Waals surface area contributed by atoms with Crippen molar-refractivity contribution in [3.8, 4) is 16.9 Å². The minimum absolute atomic E-state index is 0.502. The fourth-order valence-electron chi connectivity index (χ4n) is 2.51. The van der Waals surface area contributed by atoms with Crippen molar-refractivity contribution in [3.63, 3.8) is 0 Å². The smallest absolute Gasteiger partial charge is 0.126 e. The Morgan fingerprint density at radius 2 is 1.91 bits per heavy atom. The Hall–Kier alpha value is -2.56. The van der Waals surface area contributed by atoms with E-state index in [1.54, 1.807) is 13.2 Å². The van der Waals surface area contributed by atoms with Gasteiger partial charge in [-0.2, -0.15) is 0 Å². The second kappa shape index (κ2) is 6.05. The van der Waals surface area contributed by atoms with Crippen molar-refractivity contribution < 1.29 is 13.5 Å². The third-order valence-corrected chi connectivity index (χ3v) is 3.56. The SMILES string of the molecule is COc1ccc(CN2C=CNC2)c(-c2cc(F)cc(F)c2)c1. The topological polar surface area (TPSA) is 24.5 Å². The normalized spacial score (nSPS) is 13.3. The lowest BCUT2D eigenvalue weighted by Crippen LogP contribution is -2.20. The van der Waals surface area contributed by atoms with Crippen LogP contribution in [0, 0.1) is 11.6 Å². The van der Waals surface area contributed by atoms with Crippen LogP contribution < -0.4 is 10.1 Å². The van der Waals surface area contributed by atoms with E-state index in [2.05, 4.69) is 10.2 Å². The Kier molecular flexibility index (Phi) is 3.96. The largest absolute Gasteiger partial charge is 0.497 e. The number of benzene rings is 2. The molecule has 114 valence electrons. The summed E-state index contributed by atoms with van der Waals surface area (Å²) >= 11 is 0. The van der Waals surface area contributed by atoms with Gasteiger partial charge in [0.1, 0.15) is 17.4 Å². The van der Waals surface area contributed by atoms with Crippen LogP contribution in [-0.4, -0.2) is 18.7 Å². The van der Waals surface area contributed by atoms with Crippen LogP contribution in [0.2, 0.25) is 0 Å². The van der Waals surface area contributed by atoms with Gasteiger partial charge >= 0.3 is 0 Å². The first-order chi connectivity index (χ1) is 10.7. The van der Waals surface area contributed by atoms with E-state index in [4.69, 9.17) is 4.74 Å². The Labute approximate surface area is 127 Å². The summed E-state index contributed by atoms with van der Waals surface area (Å²) in [4.78, 5) is 2.07. The first-order valence-electron chi connectivity index (χ1n) is 6.93. The molecule has 0 bridgehead atoms. The first kappa shape index (κ1) is 14.4. The average molecular weight is 302 g/mol. The van der Waals surface area contributed by atoms with Crippen LogP contribution in [0.25, 0.3) is 11.1 Å². The van der Waals surface area contributed by atoms with Crippen molar-refractivity contribution in [1.29, 1.82) is 0 Å². The third kappa shape index (κ3) is 3.03. The van der Waals surface area contributed by atoms with Gasteiger partial charge in [0.25, 0.3) is 0 Å². The lowest BCUT2D eigenvalue weighted by atomic mass is 9.98. The van der Waals surface area contributed by atoms with Crippen LogP contribution in [0.15, 0.2) is 48.8 Å². The summed E-state index contributed by atoms with van der Waals surface area (Å²) in [5, 5.41) is 3.09. The highest BCUT2D eigenvalue weighted by molar-refractivity contribution is 5.69. The van der Waals surface area contributed by atoms with Gasteiger partial charge in [-0.15, -0.1) is 0 Å². The molecule has 0 saturated carbocycles. The van der Waals surface area contributed by atoms with Crippen molar-refractivity contribution in [3.05, 3.63) is 66.0 Å². The Balaban J connectivity index is 2.04. The van der Waals surface area contributed by atoms with E-state index in [1.807, 2.05) is 24.5 Å². The summed E-state index contributed by atoms with van der Waals surface area (Å²) < 4.78 is 32.3. The van der Waals surface area contributed by atoms with Gasteiger partial charge in [0, 0.05) is 25.0 Å². The highest BCUT2D eigenvalue weighted by Crippen LogP contribution is 2.30. The summed E-state index contributed by atoms with van der Waals surface area (Å²) in [5.74, 6) is -0.531. The summed E-state index contributed by atoms with van der Waals surface area (Å²) in [6.45, 7) is 1.35. The van der Waals surface area contributed by atoms with Crippen molar-refractivity contribution in [1.82, 2.24) is 10.2 Å². The van der Waals surface area contributed by atoms with Gasteiger partial charge in [0.05, 0.1) is 13.8 Å². The van der Waals surface area contributed by atoms with E-state index < -0.39 is 11.6 Å². The predicted octanol–water partition coefficient (Wildman–Crippen LogP) is 3.47. The van der Waals surface area contributed by atoms with E-state index in [9.17, 15) is 8.78 Å². The number of ether oxygens (including phenoxy) is 1. The molecule has 0 radical (unpaired) electrons. The van der Waals surface area contributed by atoms with Crippen molar-refractivity contribution >= 4 is 0 Å². The first-order valence-corrected chi connectivity index (χ1v) is 6.93. The molecule has 0 fully saturated rings. The molecule has 3 rings (SSSR count). The molecule has 0 spiro atoms. The van der Waals surface area contributed by atoms with Gasteiger partial charge in [0.2, 0.25) is 0 Å². The summed E-state index contributed by atoms with van der Waals surface area (Å²) in [6.07, 6.45) is 3.81. The Morgan fingerprint density at radius 1 is 1.14 bits per heavy atom. The molecule has 0 aliphatic carbocycles. The molecular formula is C17H16F2N2O. The van der Waals surface area contributed by atoms with Crippen molar-refractivity contribution in [2.45, 2.75) is 6.54 Å². The maximum absolute atomic E-state index is 13.5. The summed E-state index contributed by atoms with van der Waals surface area (Å²) in [7, 11) is 1.57. The molecule has 0 amide bonds. The fraction of sp³-hybridized carbons (Fsp3) is 0.176. The molecule has 5 heteroatoms. The highest BCUT2D eigenvalue weighted by atomic mass is 19.1. The molecule has 0 saturated heterocycles. The summed E-state index contributed by atoms with van der Waals surface area (Å²) in [6, 6.07) is 9.11. The van der Waals surface area contributed by atoms with Gasteiger partial charge in [-0.1, -0.05) is 6.07 Å². The van der Waals surface area contributed by atoms with Gasteiger partial charge in [-0.05, 0) is 41.0 Å². The van der Waals surface area contributed by atoms with Crippen LogP contribution in [0.3, 0.4) is 0 Å². The zero-order chi connectivity index (χ0) is 15.5. The van der Waals surface area contributed by atoms with Gasteiger partial charge in [-0.3, -0.25) is 0 Å². The lowest BCUT2D eigenvalue weighted by molar-refractivity contribution is 0.384. The van der Waals surface area contributed by atoms with E-state index >= 15 is 0 Å². The van der Waals surface area contributed by atoms with E-state index in [0.29, 0.717) is 24.5 Å². The molecule has 2 aromatic carbocycles. The molecule has 2 aromatic rings. The zero-order valence-corrected chi connectivity index (χ0v) is 12.1. The number of nitrogens with one attached hydrogen (secondary N) is 1. The minimum Gasteiger partial charge on any atom is -0.497 e.